The molecule has 1 saturated heterocycles. The van der Waals surface area contributed by atoms with Crippen molar-refractivity contribution >= 4 is 35.1 Å². The summed E-state index contributed by atoms with van der Waals surface area (Å²) in [6.45, 7) is 2.88. The molecule has 1 fully saturated rings. The summed E-state index contributed by atoms with van der Waals surface area (Å²) >= 11 is 1.73. The second-order valence-electron chi connectivity index (χ2n) is 7.66. The van der Waals surface area contributed by atoms with Crippen LogP contribution in [0.3, 0.4) is 0 Å². The van der Waals surface area contributed by atoms with Crippen LogP contribution in [0.15, 0.2) is 71.4 Å². The number of anilines is 1. The molecule has 4 rings (SSSR count). The van der Waals surface area contributed by atoms with E-state index in [0.29, 0.717) is 0 Å². The van der Waals surface area contributed by atoms with Crippen LogP contribution in [0.2, 0.25) is 0 Å². The monoisotopic (exact) mass is 482 g/mol. The number of likely N-dealkylation sites (tertiary alicyclic amines) is 1. The Hall–Kier alpha value is -3.69. The highest BCUT2D eigenvalue weighted by atomic mass is 32.1. The third-order valence-corrected chi connectivity index (χ3v) is 5.96. The van der Waals surface area contributed by atoms with Crippen molar-refractivity contribution in [1.82, 2.24) is 4.90 Å². The van der Waals surface area contributed by atoms with E-state index in [9.17, 15) is 4.79 Å². The van der Waals surface area contributed by atoms with Crippen LogP contribution in [0.5, 0.6) is 0 Å². The Labute approximate surface area is 201 Å². The number of aliphatic carboxylic acids is 2. The number of ether oxygens (including phenoxy) is 1. The molecule has 178 valence electrons. The minimum Gasteiger partial charge on any atom is -0.473 e. The Kier molecular flexibility index (Phi) is 9.19. The largest absolute Gasteiger partial charge is 0.473 e. The highest BCUT2D eigenvalue weighted by Gasteiger charge is 2.23. The third kappa shape index (κ3) is 7.72. The maximum atomic E-state index is 12.5. The summed E-state index contributed by atoms with van der Waals surface area (Å²) in [5.74, 6) is -3.65. The molecule has 1 amide bonds. The van der Waals surface area contributed by atoms with Gasteiger partial charge in [-0.3, -0.25) is 10.2 Å². The smallest absolute Gasteiger partial charge is 0.414 e. The van der Waals surface area contributed by atoms with Crippen molar-refractivity contribution in [3.8, 4) is 11.1 Å². The Morgan fingerprint density at radius 3 is 2.21 bits per heavy atom. The molecule has 0 radical (unpaired) electrons. The Morgan fingerprint density at radius 2 is 1.59 bits per heavy atom. The number of amides is 1. The highest BCUT2D eigenvalue weighted by Crippen LogP contribution is 2.28. The number of carbonyl (C=O) groups is 3. The molecule has 3 aromatic rings. The number of benzene rings is 2. The van der Waals surface area contributed by atoms with Gasteiger partial charge in [-0.25, -0.2) is 14.4 Å². The van der Waals surface area contributed by atoms with Crippen molar-refractivity contribution in [2.24, 2.45) is 0 Å². The van der Waals surface area contributed by atoms with Gasteiger partial charge in [-0.1, -0.05) is 48.5 Å². The van der Waals surface area contributed by atoms with E-state index in [1.54, 1.807) is 11.3 Å². The number of carbonyl (C=O) groups excluding carboxylic acids is 1. The second-order valence-corrected chi connectivity index (χ2v) is 8.44. The van der Waals surface area contributed by atoms with Gasteiger partial charge in [-0.15, -0.1) is 0 Å². The molecule has 0 unspecified atom stereocenters. The first-order chi connectivity index (χ1) is 16.4. The molecule has 2 aromatic carbocycles. The van der Waals surface area contributed by atoms with Crippen molar-refractivity contribution in [3.63, 3.8) is 0 Å². The molecule has 0 aliphatic carbocycles. The maximum absolute atomic E-state index is 12.5. The zero-order valence-electron chi connectivity index (χ0n) is 18.4. The van der Waals surface area contributed by atoms with Crippen LogP contribution >= 0.6 is 11.3 Å². The zero-order valence-corrected chi connectivity index (χ0v) is 19.2. The molecule has 1 aromatic heterocycles. The van der Waals surface area contributed by atoms with Gasteiger partial charge >= 0.3 is 18.0 Å². The Bertz CT molecular complexity index is 1070. The Balaban J connectivity index is 0.000000481. The molecule has 0 bridgehead atoms. The first-order valence-corrected chi connectivity index (χ1v) is 11.7. The molecular weight excluding hydrogens is 456 g/mol. The van der Waals surface area contributed by atoms with Gasteiger partial charge in [-0.2, -0.15) is 11.3 Å². The van der Waals surface area contributed by atoms with Gasteiger partial charge < -0.3 is 14.9 Å². The lowest BCUT2D eigenvalue weighted by atomic mass is 10.0. The molecule has 3 N–H and O–H groups in total. The molecule has 0 spiro atoms. The normalized spacial score (nSPS) is 13.9. The number of para-hydroxylation sites is 1. The summed E-state index contributed by atoms with van der Waals surface area (Å²) in [5, 5.41) is 22.0. The predicted octanol–water partition coefficient (Wildman–Crippen LogP) is 4.78. The van der Waals surface area contributed by atoms with E-state index >= 15 is 0 Å². The van der Waals surface area contributed by atoms with E-state index in [4.69, 9.17) is 24.5 Å². The molecular formula is C25H26N2O6S. The van der Waals surface area contributed by atoms with Gasteiger partial charge in [0.25, 0.3) is 0 Å². The first kappa shape index (κ1) is 24.9. The van der Waals surface area contributed by atoms with Gasteiger partial charge in [0.2, 0.25) is 0 Å². The van der Waals surface area contributed by atoms with Crippen LogP contribution in [0, 0.1) is 0 Å². The van der Waals surface area contributed by atoms with Crippen molar-refractivity contribution in [2.75, 3.05) is 18.4 Å². The topological polar surface area (TPSA) is 116 Å². The van der Waals surface area contributed by atoms with Crippen LogP contribution in [-0.2, 0) is 20.9 Å². The average Bonchev–Trinajstić information content (AvgIpc) is 3.35. The summed E-state index contributed by atoms with van der Waals surface area (Å²) in [7, 11) is 0. The number of nitrogens with one attached hydrogen (secondary N) is 1. The zero-order chi connectivity index (χ0) is 24.3. The van der Waals surface area contributed by atoms with Crippen molar-refractivity contribution in [2.45, 2.75) is 25.5 Å². The van der Waals surface area contributed by atoms with E-state index in [2.05, 4.69) is 27.0 Å². The standard InChI is InChI=1S/C23H24N2O2S.C2H2O4/c26-23(24-22-9-5-4-8-21(22)19-6-2-1-3-7-19)27-20-10-13-25(14-11-20)16-18-12-15-28-17-18;3-1(4)2(5)6/h1-9,12,15,17,20H,10-11,13-14,16H2,(H,24,26);(H,3,4)(H,5,6). The number of carboxylic acids is 2. The van der Waals surface area contributed by atoms with Crippen LogP contribution < -0.4 is 5.32 Å². The fourth-order valence-electron chi connectivity index (χ4n) is 3.58. The minimum absolute atomic E-state index is 0.0254. The molecule has 9 heteroatoms. The third-order valence-electron chi connectivity index (χ3n) is 5.23. The number of rotatable bonds is 5. The van der Waals surface area contributed by atoms with E-state index in [0.717, 1.165) is 49.3 Å². The summed E-state index contributed by atoms with van der Waals surface area (Å²) in [6, 6.07) is 20.0. The fraction of sp³-hybridized carbons (Fsp3) is 0.240. The van der Waals surface area contributed by atoms with E-state index < -0.39 is 11.9 Å². The summed E-state index contributed by atoms with van der Waals surface area (Å²) in [5.41, 5.74) is 4.19. The molecule has 0 atom stereocenters. The second kappa shape index (κ2) is 12.5. The minimum atomic E-state index is -1.82. The van der Waals surface area contributed by atoms with Crippen LogP contribution in [0.1, 0.15) is 18.4 Å². The number of thiophene rings is 1. The lowest BCUT2D eigenvalue weighted by Gasteiger charge is -2.31. The number of piperidine rings is 1. The quantitative estimate of drug-likeness (QED) is 0.448. The van der Waals surface area contributed by atoms with E-state index in [1.807, 2.05) is 54.6 Å². The number of hydrogen-bond donors (Lipinski definition) is 3. The molecule has 1 aliphatic rings. The number of nitrogens with zero attached hydrogens (tertiary/aromatic N) is 1. The molecule has 2 heterocycles. The van der Waals surface area contributed by atoms with Crippen LogP contribution in [-0.4, -0.2) is 52.3 Å². The maximum Gasteiger partial charge on any atom is 0.414 e. The van der Waals surface area contributed by atoms with Crippen molar-refractivity contribution in [1.29, 1.82) is 0 Å². The van der Waals surface area contributed by atoms with Crippen LogP contribution in [0.4, 0.5) is 10.5 Å². The van der Waals surface area contributed by atoms with E-state index in [-0.39, 0.29) is 12.2 Å². The molecule has 0 saturated carbocycles. The van der Waals surface area contributed by atoms with Crippen LogP contribution in [0.25, 0.3) is 11.1 Å². The molecule has 34 heavy (non-hydrogen) atoms. The van der Waals surface area contributed by atoms with Crippen molar-refractivity contribution in [3.05, 3.63) is 77.0 Å². The Morgan fingerprint density at radius 1 is 0.941 bits per heavy atom. The number of carboxylic acid groups (broad SMARTS) is 2. The van der Waals surface area contributed by atoms with Gasteiger partial charge in [-0.05, 0) is 46.9 Å². The summed E-state index contributed by atoms with van der Waals surface area (Å²) in [4.78, 5) is 33.1. The van der Waals surface area contributed by atoms with Gasteiger partial charge in [0.15, 0.2) is 0 Å². The van der Waals surface area contributed by atoms with Crippen molar-refractivity contribution < 1.29 is 29.3 Å². The first-order valence-electron chi connectivity index (χ1n) is 10.7. The molecule has 8 nitrogen and oxygen atoms in total. The van der Waals surface area contributed by atoms with Gasteiger partial charge in [0.1, 0.15) is 6.10 Å². The highest BCUT2D eigenvalue weighted by molar-refractivity contribution is 7.07. The summed E-state index contributed by atoms with van der Waals surface area (Å²) in [6.07, 6.45) is 1.35. The summed E-state index contributed by atoms with van der Waals surface area (Å²) < 4.78 is 5.70. The lowest BCUT2D eigenvalue weighted by molar-refractivity contribution is -0.159. The predicted molar refractivity (Wildman–Crippen MR) is 130 cm³/mol. The van der Waals surface area contributed by atoms with Gasteiger partial charge in [0.05, 0.1) is 5.69 Å². The fourth-order valence-corrected chi connectivity index (χ4v) is 4.24. The average molecular weight is 483 g/mol. The SMILES string of the molecule is O=C(Nc1ccccc1-c1ccccc1)OC1CCN(Cc2ccsc2)CC1.O=C(O)C(=O)O. The van der Waals surface area contributed by atoms with E-state index in [1.165, 1.54) is 5.56 Å². The van der Waals surface area contributed by atoms with Gasteiger partial charge in [0, 0.05) is 25.2 Å². The lowest BCUT2D eigenvalue weighted by Crippen LogP contribution is -2.38. The molecule has 1 aliphatic heterocycles. The number of hydrogen-bond acceptors (Lipinski definition) is 6.